The second-order valence-corrected chi connectivity index (χ2v) is 6.91. The van der Waals surface area contributed by atoms with E-state index < -0.39 is 0 Å². The molecule has 1 N–H and O–H groups in total. The molecule has 5 nitrogen and oxygen atoms in total. The molecule has 1 aliphatic heterocycles. The molecule has 0 aliphatic carbocycles. The first-order valence-electron chi connectivity index (χ1n) is 8.87. The fraction of sp³-hybridized carbons (Fsp3) is 0.474. The summed E-state index contributed by atoms with van der Waals surface area (Å²) in [7, 11) is 0. The summed E-state index contributed by atoms with van der Waals surface area (Å²) >= 11 is 6.18. The van der Waals surface area contributed by atoms with E-state index in [2.05, 4.69) is 15.4 Å². The minimum absolute atomic E-state index is 0.0255. The van der Waals surface area contributed by atoms with Crippen molar-refractivity contribution in [1.82, 2.24) is 15.4 Å². The molecule has 1 fully saturated rings. The maximum absolute atomic E-state index is 12.4. The van der Waals surface area contributed by atoms with E-state index in [0.717, 1.165) is 18.7 Å². The van der Waals surface area contributed by atoms with Crippen molar-refractivity contribution in [1.29, 1.82) is 0 Å². The molecular formula is C19H24ClN3O2. The average Bonchev–Trinajstić information content (AvgIpc) is 2.92. The van der Waals surface area contributed by atoms with Gasteiger partial charge in [-0.3, -0.25) is 9.69 Å². The van der Waals surface area contributed by atoms with E-state index in [0.29, 0.717) is 23.0 Å². The van der Waals surface area contributed by atoms with Crippen LogP contribution in [0.1, 0.15) is 38.4 Å². The Morgan fingerprint density at radius 1 is 1.28 bits per heavy atom. The van der Waals surface area contributed by atoms with Crippen LogP contribution < -0.4 is 5.32 Å². The van der Waals surface area contributed by atoms with Crippen molar-refractivity contribution in [2.24, 2.45) is 0 Å². The van der Waals surface area contributed by atoms with Crippen LogP contribution in [0.3, 0.4) is 0 Å². The van der Waals surface area contributed by atoms with Gasteiger partial charge in [0.25, 0.3) is 0 Å². The Labute approximate surface area is 153 Å². The fourth-order valence-corrected chi connectivity index (χ4v) is 3.39. The Balaban J connectivity index is 1.56. The van der Waals surface area contributed by atoms with Crippen LogP contribution in [0.25, 0.3) is 11.3 Å². The average molecular weight is 362 g/mol. The highest BCUT2D eigenvalue weighted by molar-refractivity contribution is 6.33. The van der Waals surface area contributed by atoms with Gasteiger partial charge >= 0.3 is 0 Å². The first-order valence-corrected chi connectivity index (χ1v) is 9.25. The van der Waals surface area contributed by atoms with E-state index in [4.69, 9.17) is 16.1 Å². The topological polar surface area (TPSA) is 58.4 Å². The number of aromatic nitrogens is 1. The van der Waals surface area contributed by atoms with Gasteiger partial charge < -0.3 is 9.84 Å². The lowest BCUT2D eigenvalue weighted by molar-refractivity contribution is -0.126. The van der Waals surface area contributed by atoms with E-state index in [1.807, 2.05) is 37.3 Å². The van der Waals surface area contributed by atoms with E-state index in [1.54, 1.807) is 0 Å². The summed E-state index contributed by atoms with van der Waals surface area (Å²) in [5.74, 6) is 0.643. The van der Waals surface area contributed by atoms with Crippen molar-refractivity contribution >= 4 is 17.5 Å². The van der Waals surface area contributed by atoms with Gasteiger partial charge in [0, 0.05) is 11.6 Å². The van der Waals surface area contributed by atoms with Gasteiger partial charge in [0.2, 0.25) is 5.91 Å². The second-order valence-electron chi connectivity index (χ2n) is 6.50. The van der Waals surface area contributed by atoms with Crippen molar-refractivity contribution in [2.45, 2.75) is 45.2 Å². The van der Waals surface area contributed by atoms with Gasteiger partial charge in [0.05, 0.1) is 17.6 Å². The molecule has 2 aromatic rings. The lowest BCUT2D eigenvalue weighted by Crippen LogP contribution is -2.45. The Morgan fingerprint density at radius 2 is 2.00 bits per heavy atom. The summed E-state index contributed by atoms with van der Waals surface area (Å²) in [6.45, 7) is 4.28. The summed E-state index contributed by atoms with van der Waals surface area (Å²) in [6, 6.07) is 9.18. The fourth-order valence-electron chi connectivity index (χ4n) is 3.16. The Hall–Kier alpha value is -1.85. The van der Waals surface area contributed by atoms with Crippen LogP contribution in [-0.2, 0) is 11.3 Å². The van der Waals surface area contributed by atoms with Gasteiger partial charge in [0.15, 0.2) is 5.76 Å². The second kappa shape index (κ2) is 8.50. The van der Waals surface area contributed by atoms with Crippen LogP contribution in [0, 0.1) is 0 Å². The van der Waals surface area contributed by atoms with Crippen molar-refractivity contribution in [3.05, 3.63) is 41.1 Å². The predicted molar refractivity (Wildman–Crippen MR) is 98.3 cm³/mol. The smallest absolute Gasteiger partial charge is 0.237 e. The molecule has 0 bridgehead atoms. The molecule has 3 rings (SSSR count). The minimum Gasteiger partial charge on any atom is -0.359 e. The van der Waals surface area contributed by atoms with Gasteiger partial charge in [-0.25, -0.2) is 0 Å². The third-order valence-corrected chi connectivity index (χ3v) is 5.04. The van der Waals surface area contributed by atoms with Crippen molar-refractivity contribution in [3.8, 4) is 11.3 Å². The van der Waals surface area contributed by atoms with Crippen LogP contribution in [0.5, 0.6) is 0 Å². The maximum Gasteiger partial charge on any atom is 0.237 e. The monoisotopic (exact) mass is 361 g/mol. The molecule has 25 heavy (non-hydrogen) atoms. The van der Waals surface area contributed by atoms with E-state index in [-0.39, 0.29) is 11.9 Å². The third kappa shape index (κ3) is 4.61. The Kier molecular flexibility index (Phi) is 6.10. The molecule has 0 radical (unpaired) electrons. The number of amides is 1. The first-order chi connectivity index (χ1) is 12.1. The summed E-state index contributed by atoms with van der Waals surface area (Å²) in [5, 5.41) is 7.63. The van der Waals surface area contributed by atoms with Crippen LogP contribution in [0.15, 0.2) is 34.9 Å². The van der Waals surface area contributed by atoms with Crippen molar-refractivity contribution < 1.29 is 9.32 Å². The molecule has 6 heteroatoms. The molecule has 2 heterocycles. The molecule has 1 amide bonds. The third-order valence-electron chi connectivity index (χ3n) is 4.71. The molecule has 1 aromatic carbocycles. The van der Waals surface area contributed by atoms with Crippen LogP contribution in [0.2, 0.25) is 5.02 Å². The van der Waals surface area contributed by atoms with E-state index in [1.165, 1.54) is 25.7 Å². The number of carbonyl (C=O) groups excluding carboxylic acids is 1. The number of rotatable bonds is 5. The van der Waals surface area contributed by atoms with Gasteiger partial charge in [-0.1, -0.05) is 47.8 Å². The maximum atomic E-state index is 12.4. The summed E-state index contributed by atoms with van der Waals surface area (Å²) in [4.78, 5) is 14.7. The number of hydrogen-bond acceptors (Lipinski definition) is 4. The Morgan fingerprint density at radius 3 is 2.72 bits per heavy atom. The molecule has 1 atom stereocenters. The molecule has 1 saturated heterocycles. The van der Waals surface area contributed by atoms with E-state index >= 15 is 0 Å². The van der Waals surface area contributed by atoms with E-state index in [9.17, 15) is 4.79 Å². The lowest BCUT2D eigenvalue weighted by Gasteiger charge is -2.26. The van der Waals surface area contributed by atoms with Crippen molar-refractivity contribution in [3.63, 3.8) is 0 Å². The van der Waals surface area contributed by atoms with Crippen molar-refractivity contribution in [2.75, 3.05) is 13.1 Å². The molecule has 1 aromatic heterocycles. The van der Waals surface area contributed by atoms with Gasteiger partial charge in [0.1, 0.15) is 5.69 Å². The van der Waals surface area contributed by atoms with Gasteiger partial charge in [-0.05, 0) is 38.9 Å². The highest BCUT2D eigenvalue weighted by Crippen LogP contribution is 2.26. The standard InChI is InChI=1S/C19H24ClN3O2/c1-14(23-10-6-2-3-7-11-23)19(24)21-13-15-12-18(22-25-15)16-8-4-5-9-17(16)20/h4-5,8-9,12,14H,2-3,6-7,10-11,13H2,1H3,(H,21,24)/t14-/m0/s1. The SMILES string of the molecule is C[C@@H](C(=O)NCc1cc(-c2ccccc2Cl)no1)N1CCCCCC1. The first kappa shape index (κ1) is 18.0. The molecule has 1 aliphatic rings. The number of hydrogen-bond donors (Lipinski definition) is 1. The van der Waals surface area contributed by atoms with Crippen LogP contribution >= 0.6 is 11.6 Å². The summed E-state index contributed by atoms with van der Waals surface area (Å²) in [5.41, 5.74) is 1.50. The number of nitrogens with one attached hydrogen (secondary N) is 1. The quantitative estimate of drug-likeness (QED) is 0.878. The highest BCUT2D eigenvalue weighted by atomic mass is 35.5. The molecule has 0 saturated carbocycles. The molecular weight excluding hydrogens is 338 g/mol. The number of benzene rings is 1. The van der Waals surface area contributed by atoms with Gasteiger partial charge in [-0.15, -0.1) is 0 Å². The number of nitrogens with zero attached hydrogens (tertiary/aromatic N) is 2. The summed E-state index contributed by atoms with van der Waals surface area (Å²) < 4.78 is 5.33. The largest absolute Gasteiger partial charge is 0.359 e. The van der Waals surface area contributed by atoms with Crippen LogP contribution in [0.4, 0.5) is 0 Å². The molecule has 0 unspecified atom stereocenters. The number of likely N-dealkylation sites (tertiary alicyclic amines) is 1. The highest BCUT2D eigenvalue weighted by Gasteiger charge is 2.22. The molecule has 134 valence electrons. The number of halogens is 1. The normalized spacial score (nSPS) is 17.0. The predicted octanol–water partition coefficient (Wildman–Crippen LogP) is 3.88. The zero-order valence-electron chi connectivity index (χ0n) is 14.5. The molecule has 0 spiro atoms. The zero-order chi connectivity index (χ0) is 17.6. The number of carbonyl (C=O) groups is 1. The summed E-state index contributed by atoms with van der Waals surface area (Å²) in [6.07, 6.45) is 4.85. The lowest BCUT2D eigenvalue weighted by atomic mass is 10.1. The van der Waals surface area contributed by atoms with Crippen LogP contribution in [-0.4, -0.2) is 35.1 Å². The zero-order valence-corrected chi connectivity index (χ0v) is 15.3. The Bertz CT molecular complexity index is 708. The minimum atomic E-state index is -0.121. The van der Waals surface area contributed by atoms with Gasteiger partial charge in [-0.2, -0.15) is 0 Å².